The second kappa shape index (κ2) is 2.07. The predicted molar refractivity (Wildman–Crippen MR) is 47.7 cm³/mol. The molecule has 0 radical (unpaired) electrons. The summed E-state index contributed by atoms with van der Waals surface area (Å²) >= 11 is 0. The second-order valence-corrected chi connectivity index (χ2v) is 3.88. The minimum Gasteiger partial charge on any atom is -0.260 e. The Morgan fingerprint density at radius 2 is 2.27 bits per heavy atom. The van der Waals surface area contributed by atoms with Gasteiger partial charge in [0.2, 0.25) is 0 Å². The number of allylic oxidation sites excluding steroid dienone is 3. The summed E-state index contributed by atoms with van der Waals surface area (Å²) in [4.78, 5) is 4.38. The van der Waals surface area contributed by atoms with Crippen molar-refractivity contribution in [3.05, 3.63) is 23.9 Å². The van der Waals surface area contributed by atoms with E-state index >= 15 is 0 Å². The molecule has 0 bridgehead atoms. The zero-order valence-electron chi connectivity index (χ0n) is 7.09. The average Bonchev–Trinajstić information content (AvgIpc) is 2.34. The third-order valence-electron chi connectivity index (χ3n) is 2.51. The summed E-state index contributed by atoms with van der Waals surface area (Å²) in [7, 11) is 0. The monoisotopic (exact) mass is 147 g/mol. The van der Waals surface area contributed by atoms with E-state index in [-0.39, 0.29) is 0 Å². The molecule has 58 valence electrons. The van der Waals surface area contributed by atoms with Gasteiger partial charge in [0.25, 0.3) is 0 Å². The SMILES string of the molecule is CC1(C)CCC=C2C=CN=C21. The molecule has 1 nitrogen and oxygen atoms in total. The van der Waals surface area contributed by atoms with E-state index in [2.05, 4.69) is 31.0 Å². The fourth-order valence-corrected chi connectivity index (χ4v) is 1.78. The third kappa shape index (κ3) is 0.953. The molecule has 0 aromatic heterocycles. The van der Waals surface area contributed by atoms with Crippen LogP contribution in [-0.2, 0) is 0 Å². The Morgan fingerprint density at radius 1 is 1.45 bits per heavy atom. The Kier molecular flexibility index (Phi) is 1.28. The normalized spacial score (nSPS) is 26.0. The van der Waals surface area contributed by atoms with Gasteiger partial charge < -0.3 is 0 Å². The van der Waals surface area contributed by atoms with Gasteiger partial charge in [0.05, 0.1) is 5.71 Å². The molecule has 2 rings (SSSR count). The van der Waals surface area contributed by atoms with E-state index < -0.39 is 0 Å². The lowest BCUT2D eigenvalue weighted by Gasteiger charge is -2.28. The Balaban J connectivity index is 2.44. The summed E-state index contributed by atoms with van der Waals surface area (Å²) in [5.41, 5.74) is 2.93. The lowest BCUT2D eigenvalue weighted by Crippen LogP contribution is -2.26. The van der Waals surface area contributed by atoms with Crippen molar-refractivity contribution in [1.82, 2.24) is 0 Å². The van der Waals surface area contributed by atoms with Crippen LogP contribution in [0.25, 0.3) is 0 Å². The predicted octanol–water partition coefficient (Wildman–Crippen LogP) is 2.70. The van der Waals surface area contributed by atoms with Gasteiger partial charge >= 0.3 is 0 Å². The van der Waals surface area contributed by atoms with Crippen molar-refractivity contribution >= 4 is 5.71 Å². The highest BCUT2D eigenvalue weighted by molar-refractivity contribution is 6.08. The highest BCUT2D eigenvalue weighted by atomic mass is 14.8. The number of hydrogen-bond donors (Lipinski definition) is 0. The van der Waals surface area contributed by atoms with Crippen LogP contribution >= 0.6 is 0 Å². The largest absolute Gasteiger partial charge is 0.260 e. The molecule has 1 aliphatic heterocycles. The summed E-state index contributed by atoms with van der Waals surface area (Å²) in [6.07, 6.45) is 8.74. The fraction of sp³-hybridized carbons (Fsp3) is 0.500. The number of rotatable bonds is 0. The van der Waals surface area contributed by atoms with E-state index in [9.17, 15) is 0 Å². The van der Waals surface area contributed by atoms with Crippen LogP contribution in [0.1, 0.15) is 26.7 Å². The molecule has 0 fully saturated rings. The van der Waals surface area contributed by atoms with Gasteiger partial charge in [0, 0.05) is 11.6 Å². The van der Waals surface area contributed by atoms with Gasteiger partial charge in [-0.25, -0.2) is 0 Å². The molecule has 0 aromatic rings. The Bertz CT molecular complexity index is 267. The first-order valence-corrected chi connectivity index (χ1v) is 4.15. The van der Waals surface area contributed by atoms with Gasteiger partial charge in [0.1, 0.15) is 0 Å². The number of aliphatic imine (C=N–C) groups is 1. The van der Waals surface area contributed by atoms with Crippen molar-refractivity contribution in [3.8, 4) is 0 Å². The van der Waals surface area contributed by atoms with Gasteiger partial charge in [-0.1, -0.05) is 19.9 Å². The topological polar surface area (TPSA) is 12.4 Å². The zero-order valence-corrected chi connectivity index (χ0v) is 7.09. The van der Waals surface area contributed by atoms with Crippen molar-refractivity contribution in [1.29, 1.82) is 0 Å². The molecular formula is C10H13N. The molecule has 1 aliphatic carbocycles. The van der Waals surface area contributed by atoms with E-state index in [1.54, 1.807) is 0 Å². The van der Waals surface area contributed by atoms with Gasteiger partial charge in [-0.2, -0.15) is 0 Å². The molecule has 0 amide bonds. The maximum Gasteiger partial charge on any atom is 0.0529 e. The zero-order chi connectivity index (χ0) is 7.90. The van der Waals surface area contributed by atoms with Gasteiger partial charge in [-0.15, -0.1) is 0 Å². The van der Waals surface area contributed by atoms with Crippen molar-refractivity contribution in [2.75, 3.05) is 0 Å². The highest BCUT2D eigenvalue weighted by Crippen LogP contribution is 2.35. The Labute approximate surface area is 67.5 Å². The summed E-state index contributed by atoms with van der Waals surface area (Å²) in [5, 5.41) is 0. The third-order valence-corrected chi connectivity index (χ3v) is 2.51. The van der Waals surface area contributed by atoms with Crippen LogP contribution in [0.5, 0.6) is 0 Å². The average molecular weight is 147 g/mol. The van der Waals surface area contributed by atoms with E-state index in [1.165, 1.54) is 24.1 Å². The van der Waals surface area contributed by atoms with E-state index in [1.807, 2.05) is 6.20 Å². The van der Waals surface area contributed by atoms with E-state index in [0.717, 1.165) is 0 Å². The van der Waals surface area contributed by atoms with Crippen LogP contribution in [0.4, 0.5) is 0 Å². The number of nitrogens with zero attached hydrogens (tertiary/aromatic N) is 1. The molecule has 0 saturated heterocycles. The van der Waals surface area contributed by atoms with Crippen molar-refractivity contribution < 1.29 is 0 Å². The van der Waals surface area contributed by atoms with Gasteiger partial charge in [-0.3, -0.25) is 4.99 Å². The minimum absolute atomic E-state index is 0.299. The van der Waals surface area contributed by atoms with Crippen molar-refractivity contribution in [2.45, 2.75) is 26.7 Å². The van der Waals surface area contributed by atoms with Crippen LogP contribution < -0.4 is 0 Å². The molecule has 0 saturated carbocycles. The highest BCUT2D eigenvalue weighted by Gasteiger charge is 2.30. The smallest absolute Gasteiger partial charge is 0.0529 e. The molecule has 0 spiro atoms. The lowest BCUT2D eigenvalue weighted by atomic mass is 9.76. The Hall–Kier alpha value is -0.850. The number of hydrogen-bond acceptors (Lipinski definition) is 1. The van der Waals surface area contributed by atoms with Gasteiger partial charge in [0.15, 0.2) is 0 Å². The lowest BCUT2D eigenvalue weighted by molar-refractivity contribution is 0.473. The second-order valence-electron chi connectivity index (χ2n) is 3.88. The quantitative estimate of drug-likeness (QED) is 0.499. The first-order chi connectivity index (χ1) is 5.20. The summed E-state index contributed by atoms with van der Waals surface area (Å²) in [6.45, 7) is 4.54. The van der Waals surface area contributed by atoms with Crippen molar-refractivity contribution in [2.24, 2.45) is 10.4 Å². The van der Waals surface area contributed by atoms with E-state index in [0.29, 0.717) is 5.41 Å². The molecule has 2 aliphatic rings. The van der Waals surface area contributed by atoms with Crippen LogP contribution in [-0.4, -0.2) is 5.71 Å². The molecule has 0 aromatic carbocycles. The summed E-state index contributed by atoms with van der Waals surface area (Å²) < 4.78 is 0. The summed E-state index contributed by atoms with van der Waals surface area (Å²) in [6, 6.07) is 0. The molecule has 0 unspecified atom stereocenters. The van der Waals surface area contributed by atoms with E-state index in [4.69, 9.17) is 0 Å². The molecular weight excluding hydrogens is 134 g/mol. The molecule has 11 heavy (non-hydrogen) atoms. The standard InChI is InChI=1S/C10H13N/c1-10(2)6-3-4-8-5-7-11-9(8)10/h4-5,7H,3,6H2,1-2H3. The summed E-state index contributed by atoms with van der Waals surface area (Å²) in [5.74, 6) is 0. The minimum atomic E-state index is 0.299. The molecule has 1 heterocycles. The maximum absolute atomic E-state index is 4.38. The van der Waals surface area contributed by atoms with Gasteiger partial charge in [-0.05, 0) is 24.5 Å². The Morgan fingerprint density at radius 3 is 3.00 bits per heavy atom. The fourth-order valence-electron chi connectivity index (χ4n) is 1.78. The first kappa shape index (κ1) is 6.84. The molecule has 0 atom stereocenters. The maximum atomic E-state index is 4.38. The van der Waals surface area contributed by atoms with Crippen molar-refractivity contribution in [3.63, 3.8) is 0 Å². The van der Waals surface area contributed by atoms with Crippen LogP contribution in [0.3, 0.4) is 0 Å². The van der Waals surface area contributed by atoms with Crippen LogP contribution in [0.2, 0.25) is 0 Å². The first-order valence-electron chi connectivity index (χ1n) is 4.15. The molecule has 0 N–H and O–H groups in total. The molecule has 1 heteroatoms. The van der Waals surface area contributed by atoms with Crippen LogP contribution in [0, 0.1) is 5.41 Å². The number of fused-ring (bicyclic) bond motifs is 1. The van der Waals surface area contributed by atoms with Crippen LogP contribution in [0.15, 0.2) is 28.9 Å².